The van der Waals surface area contributed by atoms with Crippen LogP contribution >= 0.6 is 0 Å². The van der Waals surface area contributed by atoms with Crippen LogP contribution < -0.4 is 15.4 Å². The summed E-state index contributed by atoms with van der Waals surface area (Å²) in [6.07, 6.45) is 1.53. The lowest BCUT2D eigenvalue weighted by molar-refractivity contribution is -0.146. The molecular formula is C29H39N3O6. The average Bonchev–Trinajstić information content (AvgIpc) is 2.79. The Morgan fingerprint density at radius 2 is 1.66 bits per heavy atom. The highest BCUT2D eigenvalue weighted by Crippen LogP contribution is 2.35. The molecule has 0 aliphatic heterocycles. The van der Waals surface area contributed by atoms with Crippen molar-refractivity contribution in [2.24, 2.45) is 0 Å². The van der Waals surface area contributed by atoms with Crippen molar-refractivity contribution in [2.75, 3.05) is 19.0 Å². The first-order valence-electron chi connectivity index (χ1n) is 12.9. The number of methoxy groups -OCH3 is 1. The van der Waals surface area contributed by atoms with Gasteiger partial charge in [-0.05, 0) is 83.7 Å². The largest absolute Gasteiger partial charge is 0.497 e. The van der Waals surface area contributed by atoms with Crippen molar-refractivity contribution < 1.29 is 29.0 Å². The minimum absolute atomic E-state index is 0.218. The molecule has 0 spiro atoms. The molecule has 9 nitrogen and oxygen atoms in total. The molecule has 3 rings (SSSR count). The molecule has 9 heteroatoms. The summed E-state index contributed by atoms with van der Waals surface area (Å²) in [7, 11) is 1.56. The van der Waals surface area contributed by atoms with Crippen LogP contribution in [0.3, 0.4) is 0 Å². The summed E-state index contributed by atoms with van der Waals surface area (Å²) >= 11 is 0. The maximum absolute atomic E-state index is 13.9. The molecule has 1 aliphatic carbocycles. The second-order valence-corrected chi connectivity index (χ2v) is 10.8. The van der Waals surface area contributed by atoms with Crippen molar-refractivity contribution in [2.45, 2.75) is 77.6 Å². The Balaban J connectivity index is 2.00. The second kappa shape index (κ2) is 12.3. The molecule has 3 amide bonds. The van der Waals surface area contributed by atoms with E-state index in [1.165, 1.54) is 4.90 Å². The standard InChI is InChI=1S/C29H39N3O6/c1-18-14-19(2)16-20(15-18)25(26(34)30-21-10-12-23(37-6)13-11-21)32(22-8-7-9-22)27(35)24(17-33)31-28(36)38-29(3,4)5/h10-16,22,24-25,33H,7-9,17H2,1-6H3,(H,30,34)(H,31,36). The van der Waals surface area contributed by atoms with Crippen LogP contribution in [0, 0.1) is 13.8 Å². The number of anilines is 1. The molecule has 2 unspecified atom stereocenters. The van der Waals surface area contributed by atoms with Crippen LogP contribution in [0.2, 0.25) is 0 Å². The highest BCUT2D eigenvalue weighted by atomic mass is 16.6. The predicted octanol–water partition coefficient (Wildman–Crippen LogP) is 4.26. The van der Waals surface area contributed by atoms with Gasteiger partial charge in [0.25, 0.3) is 5.91 Å². The molecule has 1 fully saturated rings. The first kappa shape index (κ1) is 29.0. The molecule has 2 aromatic rings. The van der Waals surface area contributed by atoms with E-state index in [1.807, 2.05) is 32.0 Å². The fourth-order valence-electron chi connectivity index (χ4n) is 4.49. The van der Waals surface area contributed by atoms with Gasteiger partial charge in [0.2, 0.25) is 5.91 Å². The number of hydrogen-bond donors (Lipinski definition) is 3. The quantitative estimate of drug-likeness (QED) is 0.450. The van der Waals surface area contributed by atoms with Crippen molar-refractivity contribution in [1.29, 1.82) is 0 Å². The van der Waals surface area contributed by atoms with Gasteiger partial charge in [-0.2, -0.15) is 0 Å². The number of benzene rings is 2. The lowest BCUT2D eigenvalue weighted by Gasteiger charge is -2.43. The van der Waals surface area contributed by atoms with Gasteiger partial charge in [0.15, 0.2) is 0 Å². The number of aryl methyl sites for hydroxylation is 2. The second-order valence-electron chi connectivity index (χ2n) is 10.8. The minimum atomic E-state index is -1.27. The normalized spacial score (nSPS) is 15.0. The van der Waals surface area contributed by atoms with E-state index in [4.69, 9.17) is 9.47 Å². The molecule has 38 heavy (non-hydrogen) atoms. The van der Waals surface area contributed by atoms with Crippen LogP contribution in [-0.2, 0) is 14.3 Å². The summed E-state index contributed by atoms with van der Waals surface area (Å²) < 4.78 is 10.5. The molecule has 1 saturated carbocycles. The summed E-state index contributed by atoms with van der Waals surface area (Å²) in [5.41, 5.74) is 2.34. The monoisotopic (exact) mass is 525 g/mol. The van der Waals surface area contributed by atoms with Crippen LogP contribution in [-0.4, -0.2) is 59.3 Å². The maximum Gasteiger partial charge on any atom is 0.408 e. The Labute approximate surface area is 224 Å². The van der Waals surface area contributed by atoms with Crippen molar-refractivity contribution >= 4 is 23.6 Å². The lowest BCUT2D eigenvalue weighted by atomic mass is 9.87. The number of ether oxygens (including phenoxy) is 2. The Hall–Kier alpha value is -3.59. The third-order valence-electron chi connectivity index (χ3n) is 6.34. The smallest absolute Gasteiger partial charge is 0.408 e. The number of aliphatic hydroxyl groups excluding tert-OH is 1. The maximum atomic E-state index is 13.9. The molecule has 206 valence electrons. The van der Waals surface area contributed by atoms with E-state index in [2.05, 4.69) is 10.6 Å². The molecule has 1 aliphatic rings. The van der Waals surface area contributed by atoms with Crippen LogP contribution in [0.25, 0.3) is 0 Å². The topological polar surface area (TPSA) is 117 Å². The summed E-state index contributed by atoms with van der Waals surface area (Å²) in [6, 6.07) is 10.2. The van der Waals surface area contributed by atoms with Gasteiger partial charge < -0.3 is 30.1 Å². The fourth-order valence-corrected chi connectivity index (χ4v) is 4.49. The molecule has 3 N–H and O–H groups in total. The number of hydrogen-bond acceptors (Lipinski definition) is 6. The predicted molar refractivity (Wildman–Crippen MR) is 145 cm³/mol. The van der Waals surface area contributed by atoms with E-state index in [1.54, 1.807) is 52.1 Å². The Morgan fingerprint density at radius 1 is 1.05 bits per heavy atom. The number of rotatable bonds is 9. The first-order valence-corrected chi connectivity index (χ1v) is 12.9. The zero-order valence-electron chi connectivity index (χ0n) is 23.0. The van der Waals surface area contributed by atoms with E-state index >= 15 is 0 Å². The summed E-state index contributed by atoms with van der Waals surface area (Å²) in [5, 5.41) is 15.5. The number of aliphatic hydroxyl groups is 1. The molecule has 0 heterocycles. The molecule has 0 bridgehead atoms. The van der Waals surface area contributed by atoms with Crippen LogP contribution in [0.5, 0.6) is 5.75 Å². The molecule has 0 aromatic heterocycles. The summed E-state index contributed by atoms with van der Waals surface area (Å²) in [6.45, 7) is 8.37. The van der Waals surface area contributed by atoms with E-state index in [-0.39, 0.29) is 6.04 Å². The SMILES string of the molecule is COc1ccc(NC(=O)C(c2cc(C)cc(C)c2)N(C(=O)C(CO)NC(=O)OC(C)(C)C)C2CCC2)cc1. The fraction of sp³-hybridized carbons (Fsp3) is 0.483. The summed E-state index contributed by atoms with van der Waals surface area (Å²) in [5.74, 6) is -0.286. The Bertz CT molecular complexity index is 1120. The van der Waals surface area contributed by atoms with Crippen LogP contribution in [0.4, 0.5) is 10.5 Å². The third-order valence-corrected chi connectivity index (χ3v) is 6.34. The van der Waals surface area contributed by atoms with Crippen molar-refractivity contribution in [3.05, 3.63) is 59.2 Å². The molecule has 2 aromatic carbocycles. The van der Waals surface area contributed by atoms with Gasteiger partial charge in [0.1, 0.15) is 23.4 Å². The highest BCUT2D eigenvalue weighted by molar-refractivity contribution is 5.99. The zero-order valence-corrected chi connectivity index (χ0v) is 23.0. The number of carbonyl (C=O) groups is 3. The molecule has 0 radical (unpaired) electrons. The van der Waals surface area contributed by atoms with Gasteiger partial charge in [-0.3, -0.25) is 9.59 Å². The molecular weight excluding hydrogens is 486 g/mol. The van der Waals surface area contributed by atoms with Gasteiger partial charge in [-0.25, -0.2) is 4.79 Å². The minimum Gasteiger partial charge on any atom is -0.497 e. The van der Waals surface area contributed by atoms with Gasteiger partial charge in [0, 0.05) is 11.7 Å². The highest BCUT2D eigenvalue weighted by Gasteiger charge is 2.42. The van der Waals surface area contributed by atoms with Crippen LogP contribution in [0.15, 0.2) is 42.5 Å². The number of carbonyl (C=O) groups excluding carboxylic acids is 3. The number of nitrogens with one attached hydrogen (secondary N) is 2. The first-order chi connectivity index (χ1) is 17.9. The number of amides is 3. The van der Waals surface area contributed by atoms with Crippen molar-refractivity contribution in [3.8, 4) is 5.75 Å². The van der Waals surface area contributed by atoms with Crippen molar-refractivity contribution in [3.63, 3.8) is 0 Å². The van der Waals surface area contributed by atoms with E-state index in [0.29, 0.717) is 29.8 Å². The number of nitrogens with zero attached hydrogens (tertiary/aromatic N) is 1. The Morgan fingerprint density at radius 3 is 2.13 bits per heavy atom. The number of alkyl carbamates (subject to hydrolysis) is 1. The van der Waals surface area contributed by atoms with Gasteiger partial charge in [-0.1, -0.05) is 29.3 Å². The van der Waals surface area contributed by atoms with Gasteiger partial charge >= 0.3 is 6.09 Å². The third kappa shape index (κ3) is 7.47. The zero-order chi connectivity index (χ0) is 28.0. The molecule has 0 saturated heterocycles. The van der Waals surface area contributed by atoms with E-state index in [9.17, 15) is 19.5 Å². The van der Waals surface area contributed by atoms with E-state index < -0.39 is 42.2 Å². The lowest BCUT2D eigenvalue weighted by Crippen LogP contribution is -2.58. The van der Waals surface area contributed by atoms with Gasteiger partial charge in [-0.15, -0.1) is 0 Å². The van der Waals surface area contributed by atoms with Crippen LogP contribution in [0.1, 0.15) is 62.8 Å². The Kier molecular flexibility index (Phi) is 9.38. The molecule has 2 atom stereocenters. The van der Waals surface area contributed by atoms with Crippen molar-refractivity contribution in [1.82, 2.24) is 10.2 Å². The summed E-state index contributed by atoms with van der Waals surface area (Å²) in [4.78, 5) is 41.8. The van der Waals surface area contributed by atoms with Gasteiger partial charge in [0.05, 0.1) is 13.7 Å². The van der Waals surface area contributed by atoms with E-state index in [0.717, 1.165) is 17.5 Å². The average molecular weight is 526 g/mol.